The Hall–Kier alpha value is -3.92. The Labute approximate surface area is 262 Å². The molecule has 2 saturated heterocycles. The van der Waals surface area contributed by atoms with Crippen molar-refractivity contribution in [3.8, 4) is 11.1 Å². The van der Waals surface area contributed by atoms with Gasteiger partial charge in [-0.3, -0.25) is 14.3 Å². The third kappa shape index (κ3) is 7.22. The van der Waals surface area contributed by atoms with Crippen LogP contribution in [-0.2, 0) is 27.7 Å². The van der Waals surface area contributed by atoms with Gasteiger partial charge in [-0.1, -0.05) is 6.07 Å². The lowest BCUT2D eigenvalue weighted by atomic mass is 9.95. The molecule has 2 atom stereocenters. The van der Waals surface area contributed by atoms with Gasteiger partial charge in [0, 0.05) is 67.1 Å². The Kier molecular flexibility index (Phi) is 9.23. The maximum atomic E-state index is 14.5. The molecule has 2 amide bonds. The second-order valence-corrected chi connectivity index (χ2v) is 13.9. The van der Waals surface area contributed by atoms with Crippen LogP contribution in [0.2, 0.25) is 0 Å². The molecule has 2 aliphatic rings. The summed E-state index contributed by atoms with van der Waals surface area (Å²) in [5.41, 5.74) is -1.73. The summed E-state index contributed by atoms with van der Waals surface area (Å²) in [5, 5.41) is 9.64. The van der Waals surface area contributed by atoms with Crippen molar-refractivity contribution in [3.63, 3.8) is 0 Å². The van der Waals surface area contributed by atoms with Crippen LogP contribution in [0.3, 0.4) is 0 Å². The third-order valence-electron chi connectivity index (χ3n) is 8.09. The van der Waals surface area contributed by atoms with Crippen LogP contribution in [0, 0.1) is 6.92 Å². The summed E-state index contributed by atoms with van der Waals surface area (Å²) < 4.78 is 90.8. The number of carbonyl (C=O) groups excluding carboxylic acids is 2. The zero-order valence-electron chi connectivity index (χ0n) is 25.5. The van der Waals surface area contributed by atoms with Crippen molar-refractivity contribution in [1.82, 2.24) is 20.1 Å². The Morgan fingerprint density at radius 3 is 2.59 bits per heavy atom. The molecule has 10 nitrogen and oxygen atoms in total. The topological polar surface area (TPSA) is 122 Å². The molecular formula is C30H34F5N7O3S. The van der Waals surface area contributed by atoms with E-state index in [9.17, 15) is 35.8 Å². The molecule has 0 unspecified atom stereocenters. The highest BCUT2D eigenvalue weighted by molar-refractivity contribution is 7.93. The van der Waals surface area contributed by atoms with E-state index >= 15 is 0 Å². The number of rotatable bonds is 6. The average molecular weight is 668 g/mol. The average Bonchev–Trinajstić information content (AvgIpc) is 3.62. The van der Waals surface area contributed by atoms with E-state index in [0.717, 1.165) is 6.42 Å². The van der Waals surface area contributed by atoms with Crippen LogP contribution in [0.15, 0.2) is 45.9 Å². The summed E-state index contributed by atoms with van der Waals surface area (Å²) in [6.07, 6.45) is -0.776. The molecule has 2 fully saturated rings. The molecule has 1 aromatic carbocycles. The van der Waals surface area contributed by atoms with Crippen LogP contribution in [0.1, 0.15) is 53.7 Å². The Balaban J connectivity index is 1.59. The van der Waals surface area contributed by atoms with Gasteiger partial charge in [-0.2, -0.15) is 22.6 Å². The van der Waals surface area contributed by atoms with Gasteiger partial charge in [0.25, 0.3) is 11.8 Å². The van der Waals surface area contributed by atoms with Gasteiger partial charge < -0.3 is 15.5 Å². The van der Waals surface area contributed by atoms with Crippen LogP contribution in [0.5, 0.6) is 0 Å². The lowest BCUT2D eigenvalue weighted by Crippen LogP contribution is -2.31. The molecule has 3 aromatic rings. The van der Waals surface area contributed by atoms with Gasteiger partial charge in [0.15, 0.2) is 5.69 Å². The van der Waals surface area contributed by atoms with E-state index in [-0.39, 0.29) is 58.2 Å². The van der Waals surface area contributed by atoms with Crippen molar-refractivity contribution in [2.24, 2.45) is 11.4 Å². The number of nitrogens with one attached hydrogen (secondary N) is 2. The van der Waals surface area contributed by atoms with Crippen LogP contribution in [0.25, 0.3) is 11.1 Å². The van der Waals surface area contributed by atoms with E-state index in [0.29, 0.717) is 13.0 Å². The number of benzene rings is 1. The van der Waals surface area contributed by atoms with E-state index in [1.54, 1.807) is 0 Å². The summed E-state index contributed by atoms with van der Waals surface area (Å²) in [5.74, 6) is -4.77. The molecule has 0 aliphatic carbocycles. The SMILES string of the molecule is Cc1c(C(=O)Nc2cccc([S@@](C)(=O)=NC(=O)[C@@H]3CCCN3)c2)c(N2CCCC(F)(F)CC2)nc(C(F)(F)F)c1-c1cnn(C)c1. The number of nitrogens with zero attached hydrogens (tertiary/aromatic N) is 5. The van der Waals surface area contributed by atoms with E-state index in [1.807, 2.05) is 0 Å². The number of carbonyl (C=O) groups is 2. The van der Waals surface area contributed by atoms with Gasteiger partial charge in [-0.15, -0.1) is 0 Å². The van der Waals surface area contributed by atoms with Crippen molar-refractivity contribution in [1.29, 1.82) is 0 Å². The second-order valence-electron chi connectivity index (χ2n) is 11.6. The minimum Gasteiger partial charge on any atom is -0.356 e. The van der Waals surface area contributed by atoms with Crippen molar-refractivity contribution in [3.05, 3.63) is 53.5 Å². The lowest BCUT2D eigenvalue weighted by Gasteiger charge is -2.27. The molecule has 5 rings (SSSR count). The second kappa shape index (κ2) is 12.7. The van der Waals surface area contributed by atoms with Gasteiger partial charge in [0.05, 0.1) is 27.5 Å². The quantitative estimate of drug-likeness (QED) is 0.337. The first-order chi connectivity index (χ1) is 21.6. The minimum absolute atomic E-state index is 0.0218. The van der Waals surface area contributed by atoms with E-state index in [1.165, 1.54) is 66.5 Å². The Morgan fingerprint density at radius 2 is 1.93 bits per heavy atom. The Morgan fingerprint density at radius 1 is 1.17 bits per heavy atom. The molecule has 4 heterocycles. The molecule has 46 heavy (non-hydrogen) atoms. The standard InChI is InChI=1S/C30H34F5N7O3S/c1-18-23(19-16-37-41(2)17-19)25(30(33,34)35)39-26(42-13-6-10-29(31,32)11-14-42)24(18)28(44)38-20-7-4-8-21(15-20)46(3,45)40-27(43)22-9-5-12-36-22/h4,7-8,15-17,22,36H,5-6,9-14H2,1-3H3,(H,38,44)/t22-,46+/m0/s1. The number of amides is 2. The highest BCUT2D eigenvalue weighted by Gasteiger charge is 2.41. The van der Waals surface area contributed by atoms with Crippen molar-refractivity contribution in [2.45, 2.75) is 62.1 Å². The maximum absolute atomic E-state index is 14.5. The zero-order chi connectivity index (χ0) is 33.4. The molecule has 2 aliphatic heterocycles. The highest BCUT2D eigenvalue weighted by atomic mass is 32.2. The first-order valence-corrected chi connectivity index (χ1v) is 16.6. The molecule has 248 valence electrons. The molecule has 0 radical (unpaired) electrons. The maximum Gasteiger partial charge on any atom is 0.434 e. The molecule has 2 aromatic heterocycles. The number of hydrogen-bond acceptors (Lipinski definition) is 7. The lowest BCUT2D eigenvalue weighted by molar-refractivity contribution is -0.140. The van der Waals surface area contributed by atoms with Crippen molar-refractivity contribution in [2.75, 3.05) is 36.1 Å². The van der Waals surface area contributed by atoms with Gasteiger partial charge >= 0.3 is 6.18 Å². The van der Waals surface area contributed by atoms with E-state index in [4.69, 9.17) is 0 Å². The fraction of sp³-hybridized carbons (Fsp3) is 0.467. The summed E-state index contributed by atoms with van der Waals surface area (Å²) in [4.78, 5) is 32.0. The van der Waals surface area contributed by atoms with Crippen LogP contribution in [0.4, 0.5) is 33.5 Å². The molecular weight excluding hydrogens is 633 g/mol. The van der Waals surface area contributed by atoms with Gasteiger partial charge in [0.2, 0.25) is 5.92 Å². The van der Waals surface area contributed by atoms with E-state index in [2.05, 4.69) is 25.1 Å². The molecule has 2 N–H and O–H groups in total. The fourth-order valence-corrected chi connectivity index (χ4v) is 7.01. The third-order valence-corrected chi connectivity index (χ3v) is 9.74. The zero-order valence-corrected chi connectivity index (χ0v) is 26.3. The largest absolute Gasteiger partial charge is 0.434 e. The van der Waals surface area contributed by atoms with Crippen LogP contribution < -0.4 is 15.5 Å². The first kappa shape index (κ1) is 33.4. The van der Waals surface area contributed by atoms with Crippen LogP contribution in [-0.4, -0.2) is 68.6 Å². The number of halogens is 5. The monoisotopic (exact) mass is 667 g/mol. The van der Waals surface area contributed by atoms with E-state index < -0.39 is 58.2 Å². The number of pyridine rings is 1. The molecule has 16 heteroatoms. The number of aryl methyl sites for hydroxylation is 1. The summed E-state index contributed by atoms with van der Waals surface area (Å²) in [6.45, 7) is 1.65. The summed E-state index contributed by atoms with van der Waals surface area (Å²) in [7, 11) is -1.69. The smallest absolute Gasteiger partial charge is 0.356 e. The highest BCUT2D eigenvalue weighted by Crippen LogP contribution is 2.42. The first-order valence-electron chi connectivity index (χ1n) is 14.7. The number of aromatic nitrogens is 3. The summed E-state index contributed by atoms with van der Waals surface area (Å²) >= 11 is 0. The van der Waals surface area contributed by atoms with Gasteiger partial charge in [0.1, 0.15) is 5.82 Å². The van der Waals surface area contributed by atoms with Crippen molar-refractivity contribution < 1.29 is 35.8 Å². The van der Waals surface area contributed by atoms with Gasteiger partial charge in [-0.25, -0.2) is 18.0 Å². The molecule has 0 bridgehead atoms. The predicted molar refractivity (Wildman–Crippen MR) is 162 cm³/mol. The Bertz CT molecular complexity index is 1780. The van der Waals surface area contributed by atoms with Crippen LogP contribution >= 0.6 is 0 Å². The molecule has 0 saturated carbocycles. The number of hydrogen-bond donors (Lipinski definition) is 2. The normalized spacial score (nSPS) is 19.7. The van der Waals surface area contributed by atoms with Crippen molar-refractivity contribution >= 4 is 33.0 Å². The number of alkyl halides is 5. The summed E-state index contributed by atoms with van der Waals surface area (Å²) in [6, 6.07) is 5.33. The fourth-order valence-electron chi connectivity index (χ4n) is 5.76. The van der Waals surface area contributed by atoms with Gasteiger partial charge in [-0.05, 0) is 56.5 Å². The predicted octanol–water partition coefficient (Wildman–Crippen LogP) is 5.42. The number of anilines is 2. The minimum atomic E-state index is -4.94. The molecule has 0 spiro atoms.